The van der Waals surface area contributed by atoms with Crippen LogP contribution in [0.1, 0.15) is 194 Å². The number of unbranched alkanes of at least 4 members (excludes halogenated alkanes) is 20. The van der Waals surface area contributed by atoms with E-state index in [1.807, 2.05) is 0 Å². The monoisotopic (exact) mass is 661 g/mol. The van der Waals surface area contributed by atoms with Gasteiger partial charge in [0.05, 0.1) is 0 Å². The van der Waals surface area contributed by atoms with Crippen molar-refractivity contribution in [1.82, 2.24) is 0 Å². The summed E-state index contributed by atoms with van der Waals surface area (Å²) in [7, 11) is 0. The summed E-state index contributed by atoms with van der Waals surface area (Å²) in [5.41, 5.74) is 0. The molecule has 0 rings (SSSR count). The molecule has 6 heteroatoms. The standard InChI is InChI=1S/C41H72O6/c1-3-5-7-9-11-13-15-17-19-21-23-25-27-29-31-33-35-38(47-41(45)37-46-40(44)36-39(42)43)34-32-30-28-26-24-22-20-18-16-14-12-10-8-6-4-2/h11,13,16-19,38H,3-10,12,14-15,20-37H2,1-2H3,(H,42,43)/b13-11-,18-16-,19-17-. The van der Waals surface area contributed by atoms with Crippen molar-refractivity contribution in [2.75, 3.05) is 6.61 Å². The highest BCUT2D eigenvalue weighted by atomic mass is 16.6. The Morgan fingerprint density at radius 3 is 1.36 bits per heavy atom. The summed E-state index contributed by atoms with van der Waals surface area (Å²) in [4.78, 5) is 34.5. The molecule has 0 saturated heterocycles. The smallest absolute Gasteiger partial charge is 0.344 e. The Kier molecular flexibility index (Phi) is 34.6. The SMILES string of the molecule is CCCCC/C=C\C/C=C\CCCCCCCCC(CCCCCCCC/C=C\CCCCCCC)OC(=O)COC(=O)CC(=O)O. The Bertz CT molecular complexity index is 815. The van der Waals surface area contributed by atoms with Gasteiger partial charge in [0.25, 0.3) is 0 Å². The van der Waals surface area contributed by atoms with Crippen molar-refractivity contribution in [1.29, 1.82) is 0 Å². The molecule has 0 bridgehead atoms. The minimum atomic E-state index is -1.27. The predicted molar refractivity (Wildman–Crippen MR) is 197 cm³/mol. The number of rotatable bonds is 35. The van der Waals surface area contributed by atoms with Gasteiger partial charge in [-0.2, -0.15) is 0 Å². The Morgan fingerprint density at radius 2 is 0.894 bits per heavy atom. The van der Waals surface area contributed by atoms with E-state index < -0.39 is 30.9 Å². The van der Waals surface area contributed by atoms with Crippen molar-refractivity contribution in [3.05, 3.63) is 36.5 Å². The number of allylic oxidation sites excluding steroid dienone is 6. The first-order valence-corrected chi connectivity index (χ1v) is 19.5. The van der Waals surface area contributed by atoms with Crippen molar-refractivity contribution < 1.29 is 29.0 Å². The molecule has 6 nitrogen and oxygen atoms in total. The predicted octanol–water partition coefficient (Wildman–Crippen LogP) is 12.2. The molecule has 0 aliphatic heterocycles. The molecule has 0 saturated carbocycles. The Labute approximate surface area is 289 Å². The number of carbonyl (C=O) groups is 3. The highest BCUT2D eigenvalue weighted by Crippen LogP contribution is 2.18. The van der Waals surface area contributed by atoms with E-state index in [0.29, 0.717) is 0 Å². The highest BCUT2D eigenvalue weighted by Gasteiger charge is 2.17. The average Bonchev–Trinajstić information content (AvgIpc) is 3.04. The van der Waals surface area contributed by atoms with Crippen LogP contribution in [0.5, 0.6) is 0 Å². The van der Waals surface area contributed by atoms with Gasteiger partial charge in [0, 0.05) is 0 Å². The van der Waals surface area contributed by atoms with Gasteiger partial charge in [0.2, 0.25) is 0 Å². The quantitative estimate of drug-likeness (QED) is 0.0315. The third-order valence-corrected chi connectivity index (χ3v) is 8.46. The number of hydrogen-bond donors (Lipinski definition) is 1. The Balaban J connectivity index is 4.14. The van der Waals surface area contributed by atoms with Crippen LogP contribution in [-0.2, 0) is 23.9 Å². The van der Waals surface area contributed by atoms with Crippen LogP contribution in [0.2, 0.25) is 0 Å². The zero-order valence-corrected chi connectivity index (χ0v) is 30.5. The number of esters is 2. The van der Waals surface area contributed by atoms with Crippen LogP contribution in [-0.4, -0.2) is 35.7 Å². The van der Waals surface area contributed by atoms with Crippen LogP contribution in [0, 0.1) is 0 Å². The van der Waals surface area contributed by atoms with E-state index >= 15 is 0 Å². The van der Waals surface area contributed by atoms with Gasteiger partial charge in [0.1, 0.15) is 12.5 Å². The average molecular weight is 661 g/mol. The van der Waals surface area contributed by atoms with E-state index in [0.717, 1.165) is 51.4 Å². The van der Waals surface area contributed by atoms with Crippen LogP contribution in [0.3, 0.4) is 0 Å². The molecule has 0 aromatic rings. The lowest BCUT2D eigenvalue weighted by molar-refractivity contribution is -0.164. The molecule has 0 spiro atoms. The molecule has 0 radical (unpaired) electrons. The van der Waals surface area contributed by atoms with E-state index in [4.69, 9.17) is 14.6 Å². The fraction of sp³-hybridized carbons (Fsp3) is 0.780. The van der Waals surface area contributed by atoms with Crippen LogP contribution in [0.15, 0.2) is 36.5 Å². The molecular formula is C41H72O6. The molecule has 1 atom stereocenters. The van der Waals surface area contributed by atoms with Gasteiger partial charge in [-0.3, -0.25) is 9.59 Å². The summed E-state index contributed by atoms with van der Waals surface area (Å²) in [5.74, 6) is -2.79. The van der Waals surface area contributed by atoms with Crippen LogP contribution >= 0.6 is 0 Å². The minimum Gasteiger partial charge on any atom is -0.481 e. The molecule has 1 unspecified atom stereocenters. The molecule has 47 heavy (non-hydrogen) atoms. The maximum Gasteiger partial charge on any atom is 0.344 e. The number of aliphatic carboxylic acids is 1. The summed E-state index contributed by atoms with van der Waals surface area (Å²) in [6.07, 6.45) is 45.1. The first kappa shape index (κ1) is 44.6. The molecule has 272 valence electrons. The lowest BCUT2D eigenvalue weighted by atomic mass is 10.0. The second kappa shape index (κ2) is 36.5. The van der Waals surface area contributed by atoms with Crippen molar-refractivity contribution >= 4 is 17.9 Å². The maximum absolute atomic E-state index is 12.3. The van der Waals surface area contributed by atoms with Crippen LogP contribution in [0.25, 0.3) is 0 Å². The molecule has 0 aromatic heterocycles. The lowest BCUT2D eigenvalue weighted by Crippen LogP contribution is -2.24. The van der Waals surface area contributed by atoms with Gasteiger partial charge in [0.15, 0.2) is 6.61 Å². The molecule has 0 aromatic carbocycles. The summed E-state index contributed by atoms with van der Waals surface area (Å²) in [6, 6.07) is 0. The molecule has 1 N–H and O–H groups in total. The van der Waals surface area contributed by atoms with Gasteiger partial charge in [-0.15, -0.1) is 0 Å². The number of carbonyl (C=O) groups excluding carboxylic acids is 2. The first-order chi connectivity index (χ1) is 23.0. The molecule has 0 heterocycles. The van der Waals surface area contributed by atoms with E-state index in [1.165, 1.54) is 122 Å². The maximum atomic E-state index is 12.3. The molecule has 0 aliphatic rings. The number of hydrogen-bond acceptors (Lipinski definition) is 5. The third kappa shape index (κ3) is 36.3. The molecular weight excluding hydrogens is 588 g/mol. The fourth-order valence-electron chi connectivity index (χ4n) is 5.60. The van der Waals surface area contributed by atoms with Gasteiger partial charge >= 0.3 is 17.9 Å². The largest absolute Gasteiger partial charge is 0.481 e. The Hall–Kier alpha value is -2.37. The fourth-order valence-corrected chi connectivity index (χ4v) is 5.60. The van der Waals surface area contributed by atoms with Crippen molar-refractivity contribution in [3.8, 4) is 0 Å². The molecule has 0 amide bonds. The van der Waals surface area contributed by atoms with Gasteiger partial charge in [-0.05, 0) is 83.5 Å². The molecule has 0 fully saturated rings. The van der Waals surface area contributed by atoms with Crippen LogP contribution in [0.4, 0.5) is 0 Å². The van der Waals surface area contributed by atoms with Crippen molar-refractivity contribution in [2.45, 2.75) is 200 Å². The lowest BCUT2D eigenvalue weighted by Gasteiger charge is -2.18. The number of carboxylic acids is 1. The minimum absolute atomic E-state index is 0.182. The van der Waals surface area contributed by atoms with Gasteiger partial charge in [-0.1, -0.05) is 140 Å². The topological polar surface area (TPSA) is 89.9 Å². The van der Waals surface area contributed by atoms with Gasteiger partial charge < -0.3 is 14.6 Å². The van der Waals surface area contributed by atoms with Crippen LogP contribution < -0.4 is 0 Å². The zero-order chi connectivity index (χ0) is 34.5. The zero-order valence-electron chi connectivity index (χ0n) is 30.5. The third-order valence-electron chi connectivity index (χ3n) is 8.46. The summed E-state index contributed by atoms with van der Waals surface area (Å²) in [6.45, 7) is 3.97. The van der Waals surface area contributed by atoms with E-state index in [9.17, 15) is 14.4 Å². The van der Waals surface area contributed by atoms with E-state index in [1.54, 1.807) is 0 Å². The van der Waals surface area contributed by atoms with E-state index in [2.05, 4.69) is 50.3 Å². The van der Waals surface area contributed by atoms with Crippen molar-refractivity contribution in [3.63, 3.8) is 0 Å². The summed E-state index contributed by atoms with van der Waals surface area (Å²) < 4.78 is 10.4. The normalized spacial score (nSPS) is 12.4. The Morgan fingerprint density at radius 1 is 0.511 bits per heavy atom. The second-order valence-electron chi connectivity index (χ2n) is 13.1. The summed E-state index contributed by atoms with van der Waals surface area (Å²) in [5, 5.41) is 8.70. The highest BCUT2D eigenvalue weighted by molar-refractivity contribution is 5.90. The van der Waals surface area contributed by atoms with Gasteiger partial charge in [-0.25, -0.2) is 4.79 Å². The summed E-state index contributed by atoms with van der Waals surface area (Å²) >= 11 is 0. The van der Waals surface area contributed by atoms with E-state index in [-0.39, 0.29) is 6.10 Å². The molecule has 0 aliphatic carbocycles. The number of ether oxygens (including phenoxy) is 2. The number of carboxylic acid groups (broad SMARTS) is 1. The first-order valence-electron chi connectivity index (χ1n) is 19.5. The second-order valence-corrected chi connectivity index (χ2v) is 13.1. The van der Waals surface area contributed by atoms with Crippen molar-refractivity contribution in [2.24, 2.45) is 0 Å².